The number of piperidine rings is 1. The summed E-state index contributed by atoms with van der Waals surface area (Å²) in [6.45, 7) is 4.88. The average Bonchev–Trinajstić information content (AvgIpc) is 2.92. The molecule has 4 atom stereocenters. The molecule has 0 aromatic rings. The van der Waals surface area contributed by atoms with Crippen molar-refractivity contribution in [2.45, 2.75) is 50.6 Å². The van der Waals surface area contributed by atoms with Crippen LogP contribution >= 0.6 is 0 Å². The molecule has 0 spiro atoms. The van der Waals surface area contributed by atoms with Crippen molar-refractivity contribution in [2.75, 3.05) is 19.6 Å². The highest BCUT2D eigenvalue weighted by atomic mass is 16.2. The van der Waals surface area contributed by atoms with Gasteiger partial charge in [0.05, 0.1) is 5.54 Å². The number of hydrogen-bond acceptors (Lipinski definition) is 3. The van der Waals surface area contributed by atoms with Crippen LogP contribution in [0.2, 0.25) is 0 Å². The Morgan fingerprint density at radius 2 is 2.17 bits per heavy atom. The predicted molar refractivity (Wildman–Crippen MR) is 71.0 cm³/mol. The first kappa shape index (κ1) is 12.4. The maximum absolute atomic E-state index is 12.7. The van der Waals surface area contributed by atoms with Crippen molar-refractivity contribution >= 4 is 5.91 Å². The minimum Gasteiger partial charge on any atom is -0.340 e. The fraction of sp³-hybridized carbons (Fsp3) is 0.929. The van der Waals surface area contributed by atoms with E-state index < -0.39 is 0 Å². The van der Waals surface area contributed by atoms with Gasteiger partial charge in [0.1, 0.15) is 0 Å². The van der Waals surface area contributed by atoms with E-state index >= 15 is 0 Å². The van der Waals surface area contributed by atoms with Gasteiger partial charge in [-0.3, -0.25) is 4.79 Å². The Balaban J connectivity index is 1.67. The van der Waals surface area contributed by atoms with E-state index in [0.29, 0.717) is 23.8 Å². The molecule has 0 aromatic carbocycles. The van der Waals surface area contributed by atoms with E-state index in [4.69, 9.17) is 5.73 Å². The maximum atomic E-state index is 12.7. The molecular weight excluding hydrogens is 226 g/mol. The van der Waals surface area contributed by atoms with Crippen molar-refractivity contribution in [3.63, 3.8) is 0 Å². The lowest BCUT2D eigenvalue weighted by atomic mass is 9.89. The third kappa shape index (κ3) is 1.95. The van der Waals surface area contributed by atoms with Crippen LogP contribution in [0.25, 0.3) is 0 Å². The smallest absolute Gasteiger partial charge is 0.242 e. The molecule has 2 heterocycles. The minimum absolute atomic E-state index is 0.309. The zero-order valence-electron chi connectivity index (χ0n) is 11.3. The average molecular weight is 251 g/mol. The quantitative estimate of drug-likeness (QED) is 0.722. The van der Waals surface area contributed by atoms with E-state index in [2.05, 4.69) is 17.1 Å². The number of rotatable bonds is 1. The summed E-state index contributed by atoms with van der Waals surface area (Å²) in [5, 5.41) is 3.43. The van der Waals surface area contributed by atoms with E-state index in [1.165, 1.54) is 12.8 Å². The molecule has 18 heavy (non-hydrogen) atoms. The predicted octanol–water partition coefficient (Wildman–Crippen LogP) is 0.714. The van der Waals surface area contributed by atoms with Crippen LogP contribution in [-0.2, 0) is 4.79 Å². The Kier molecular flexibility index (Phi) is 3.10. The fourth-order valence-electron chi connectivity index (χ4n) is 4.06. The SMILES string of the molecule is CC1(C(=O)N2CC3CCC(N)C3C2)CCCCN1. The van der Waals surface area contributed by atoms with E-state index in [9.17, 15) is 4.79 Å². The van der Waals surface area contributed by atoms with Gasteiger partial charge in [0.25, 0.3) is 0 Å². The summed E-state index contributed by atoms with van der Waals surface area (Å²) in [5.41, 5.74) is 5.82. The second-order valence-electron chi connectivity index (χ2n) is 6.59. The molecule has 1 aliphatic carbocycles. The molecule has 3 fully saturated rings. The van der Waals surface area contributed by atoms with E-state index in [-0.39, 0.29) is 5.54 Å². The first-order chi connectivity index (χ1) is 8.60. The van der Waals surface area contributed by atoms with Crippen molar-refractivity contribution in [3.8, 4) is 0 Å². The van der Waals surface area contributed by atoms with Gasteiger partial charge >= 0.3 is 0 Å². The minimum atomic E-state index is -0.318. The second-order valence-corrected chi connectivity index (χ2v) is 6.59. The van der Waals surface area contributed by atoms with Crippen LogP contribution in [0, 0.1) is 11.8 Å². The first-order valence-electron chi connectivity index (χ1n) is 7.40. The number of nitrogens with one attached hydrogen (secondary N) is 1. The van der Waals surface area contributed by atoms with Crippen molar-refractivity contribution in [1.29, 1.82) is 0 Å². The monoisotopic (exact) mass is 251 g/mol. The molecule has 0 aromatic heterocycles. The number of carbonyl (C=O) groups excluding carboxylic acids is 1. The van der Waals surface area contributed by atoms with Gasteiger partial charge in [0.15, 0.2) is 0 Å². The maximum Gasteiger partial charge on any atom is 0.242 e. The number of nitrogens with zero attached hydrogens (tertiary/aromatic N) is 1. The Hall–Kier alpha value is -0.610. The molecule has 4 unspecified atom stereocenters. The summed E-state index contributed by atoms with van der Waals surface area (Å²) in [5.74, 6) is 1.53. The van der Waals surface area contributed by atoms with E-state index in [1.54, 1.807) is 0 Å². The number of nitrogens with two attached hydrogens (primary N) is 1. The van der Waals surface area contributed by atoms with E-state index in [0.717, 1.165) is 38.9 Å². The van der Waals surface area contributed by atoms with Crippen molar-refractivity contribution < 1.29 is 4.79 Å². The molecule has 4 nitrogen and oxygen atoms in total. The van der Waals surface area contributed by atoms with Crippen LogP contribution in [0.15, 0.2) is 0 Å². The summed E-state index contributed by atoms with van der Waals surface area (Å²) in [6.07, 6.45) is 5.69. The standard InChI is InChI=1S/C14H25N3O/c1-14(6-2-3-7-16-14)13(18)17-8-10-4-5-12(15)11(10)9-17/h10-12,16H,2-9,15H2,1H3. The van der Waals surface area contributed by atoms with Gasteiger partial charge in [-0.05, 0) is 57.4 Å². The lowest BCUT2D eigenvalue weighted by molar-refractivity contribution is -0.138. The molecule has 1 amide bonds. The summed E-state index contributed by atoms with van der Waals surface area (Å²) >= 11 is 0. The van der Waals surface area contributed by atoms with Gasteiger partial charge in [-0.15, -0.1) is 0 Å². The van der Waals surface area contributed by atoms with Gasteiger partial charge in [-0.2, -0.15) is 0 Å². The number of carbonyl (C=O) groups is 1. The molecule has 2 aliphatic heterocycles. The Morgan fingerprint density at radius 1 is 1.33 bits per heavy atom. The highest BCUT2D eigenvalue weighted by molar-refractivity contribution is 5.86. The van der Waals surface area contributed by atoms with Crippen LogP contribution in [0.1, 0.15) is 39.0 Å². The topological polar surface area (TPSA) is 58.4 Å². The third-order valence-electron chi connectivity index (χ3n) is 5.29. The number of likely N-dealkylation sites (tertiary alicyclic amines) is 1. The normalized spacial score (nSPS) is 44.1. The lowest BCUT2D eigenvalue weighted by Crippen LogP contribution is -2.57. The van der Waals surface area contributed by atoms with Crippen LogP contribution < -0.4 is 11.1 Å². The number of fused-ring (bicyclic) bond motifs is 1. The molecular formula is C14H25N3O. The molecule has 4 heteroatoms. The first-order valence-corrected chi connectivity index (χ1v) is 7.40. The molecule has 0 bridgehead atoms. The number of amides is 1. The molecule has 102 valence electrons. The second kappa shape index (κ2) is 4.49. The van der Waals surface area contributed by atoms with Gasteiger partial charge in [-0.1, -0.05) is 0 Å². The van der Waals surface area contributed by atoms with Crippen LogP contribution in [0.3, 0.4) is 0 Å². The third-order valence-corrected chi connectivity index (χ3v) is 5.29. The van der Waals surface area contributed by atoms with Gasteiger partial charge in [0, 0.05) is 19.1 Å². The summed E-state index contributed by atoms with van der Waals surface area (Å²) in [4.78, 5) is 14.8. The van der Waals surface area contributed by atoms with Crippen molar-refractivity contribution in [3.05, 3.63) is 0 Å². The zero-order chi connectivity index (χ0) is 12.8. The van der Waals surface area contributed by atoms with Crippen LogP contribution in [0.4, 0.5) is 0 Å². The Morgan fingerprint density at radius 3 is 2.83 bits per heavy atom. The fourth-order valence-corrected chi connectivity index (χ4v) is 4.06. The molecule has 0 radical (unpaired) electrons. The molecule has 1 saturated carbocycles. The Labute approximate surface area is 109 Å². The van der Waals surface area contributed by atoms with Crippen molar-refractivity contribution in [1.82, 2.24) is 10.2 Å². The Bertz CT molecular complexity index is 338. The summed E-state index contributed by atoms with van der Waals surface area (Å²) in [6, 6.07) is 0.319. The van der Waals surface area contributed by atoms with Gasteiger partial charge in [0.2, 0.25) is 5.91 Å². The van der Waals surface area contributed by atoms with Crippen LogP contribution in [0.5, 0.6) is 0 Å². The lowest BCUT2D eigenvalue weighted by Gasteiger charge is -2.37. The molecule has 3 aliphatic rings. The van der Waals surface area contributed by atoms with Crippen molar-refractivity contribution in [2.24, 2.45) is 17.6 Å². The molecule has 3 N–H and O–H groups in total. The highest BCUT2D eigenvalue weighted by Gasteiger charge is 2.46. The van der Waals surface area contributed by atoms with Crippen LogP contribution in [-0.4, -0.2) is 42.0 Å². The largest absolute Gasteiger partial charge is 0.340 e. The van der Waals surface area contributed by atoms with Gasteiger partial charge in [-0.25, -0.2) is 0 Å². The molecule has 2 saturated heterocycles. The van der Waals surface area contributed by atoms with Gasteiger partial charge < -0.3 is 16.0 Å². The summed E-state index contributed by atoms with van der Waals surface area (Å²) in [7, 11) is 0. The molecule has 3 rings (SSSR count). The summed E-state index contributed by atoms with van der Waals surface area (Å²) < 4.78 is 0. The zero-order valence-corrected chi connectivity index (χ0v) is 11.3. The van der Waals surface area contributed by atoms with E-state index in [1.807, 2.05) is 0 Å². The highest BCUT2D eigenvalue weighted by Crippen LogP contribution is 2.38. The number of hydrogen-bond donors (Lipinski definition) is 2.